The number of fused-ring (bicyclic) bond motifs is 3. The van der Waals surface area contributed by atoms with Crippen LogP contribution in [0.25, 0.3) is 10.8 Å². The van der Waals surface area contributed by atoms with Crippen molar-refractivity contribution in [2.75, 3.05) is 6.54 Å². The zero-order chi connectivity index (χ0) is 42.4. The number of carbonyl (C=O) groups excluding carboxylic acids is 4. The Hall–Kier alpha value is -4.40. The highest BCUT2D eigenvalue weighted by Crippen LogP contribution is 2.48. The molecule has 2 aliphatic heterocycles. The largest absolute Gasteiger partial charge is 0.491 e. The van der Waals surface area contributed by atoms with Crippen molar-refractivity contribution in [2.24, 2.45) is 29.6 Å². The van der Waals surface area contributed by atoms with Crippen LogP contribution in [0, 0.1) is 29.6 Å². The van der Waals surface area contributed by atoms with E-state index in [1.165, 1.54) is 4.90 Å². The third-order valence-electron chi connectivity index (χ3n) is 13.4. The van der Waals surface area contributed by atoms with Gasteiger partial charge in [-0.1, -0.05) is 39.8 Å². The summed E-state index contributed by atoms with van der Waals surface area (Å²) in [6.45, 7) is 13.8. The minimum absolute atomic E-state index is 0.00799. The van der Waals surface area contributed by atoms with Crippen molar-refractivity contribution in [3.8, 4) is 11.6 Å². The predicted molar refractivity (Wildman–Crippen MR) is 222 cm³/mol. The number of sulfonamides is 1. The van der Waals surface area contributed by atoms with Gasteiger partial charge >= 0.3 is 6.09 Å². The van der Waals surface area contributed by atoms with Crippen LogP contribution in [-0.4, -0.2) is 89.3 Å². The Kier molecular flexibility index (Phi) is 12.0. The number of amides is 4. The van der Waals surface area contributed by atoms with Crippen LogP contribution in [0.2, 0.25) is 0 Å². The number of pyridine rings is 1. The molecule has 3 aliphatic carbocycles. The van der Waals surface area contributed by atoms with Gasteiger partial charge in [0, 0.05) is 23.9 Å². The summed E-state index contributed by atoms with van der Waals surface area (Å²) in [6.07, 6.45) is 8.54. The fraction of sp³-hybridized carbons (Fsp3) is 0.659. The Labute approximate surface area is 348 Å². The molecule has 0 spiro atoms. The summed E-state index contributed by atoms with van der Waals surface area (Å²) in [5.41, 5.74) is -1.53. The number of aromatic nitrogens is 1. The minimum Gasteiger partial charge on any atom is -0.491 e. The number of allylic oxidation sites excluding steroid dienone is 1. The highest BCUT2D eigenvalue weighted by molar-refractivity contribution is 7.91. The van der Waals surface area contributed by atoms with E-state index in [0.29, 0.717) is 49.1 Å². The number of hydrogen-bond acceptors (Lipinski definition) is 10. The Morgan fingerprint density at radius 2 is 1.71 bits per heavy atom. The predicted octanol–water partition coefficient (Wildman–Crippen LogP) is 5.79. The molecule has 0 radical (unpaired) electrons. The lowest BCUT2D eigenvalue weighted by molar-refractivity contribution is -0.142. The van der Waals surface area contributed by atoms with Crippen molar-refractivity contribution in [2.45, 2.75) is 147 Å². The zero-order valence-electron chi connectivity index (χ0n) is 35.4. The van der Waals surface area contributed by atoms with E-state index in [2.05, 4.69) is 41.1 Å². The number of hydrogen-bond donors (Lipinski definition) is 3. The SMILES string of the molecule is CC(C)Oc1ccc2c(O[C@@H]3C[C@H]4C(=O)N[C@]5(C(=O)NS(=O)(=O)C6(C)CC6)C[C@H]5/C=C\CC[C@H](C)C[C@@H](C)[C@H](NC(=O)OC5C[C@@H](C)[C@@H](C)C5)C(=O)N4C3)nccc2c1. The van der Waals surface area contributed by atoms with E-state index in [1.54, 1.807) is 13.1 Å². The van der Waals surface area contributed by atoms with Gasteiger partial charge in [0.2, 0.25) is 27.7 Å². The van der Waals surface area contributed by atoms with Gasteiger partial charge in [-0.2, -0.15) is 0 Å². The summed E-state index contributed by atoms with van der Waals surface area (Å²) in [7, 11) is -4.00. The second kappa shape index (κ2) is 16.6. The molecule has 1 aromatic carbocycles. The van der Waals surface area contributed by atoms with Gasteiger partial charge in [-0.15, -0.1) is 0 Å². The number of ether oxygens (including phenoxy) is 3. The van der Waals surface area contributed by atoms with Crippen LogP contribution in [0.3, 0.4) is 0 Å². The molecule has 322 valence electrons. The van der Waals surface area contributed by atoms with Crippen LogP contribution in [0.1, 0.15) is 106 Å². The molecule has 4 fully saturated rings. The Morgan fingerprint density at radius 1 is 0.983 bits per heavy atom. The monoisotopic (exact) mass is 835 g/mol. The highest BCUT2D eigenvalue weighted by atomic mass is 32.2. The number of alkyl carbamates (subject to hydrolysis) is 1. The molecule has 2 aromatic rings. The standard InChI is InChI=1S/C44H61N5O9S/c1-25(2)56-32-12-13-35-30(21-32)14-17-45-39(35)57-34-22-36-38(50)47-44(41(52)48-59(54,55)43(7)15-16-43)23-31(44)11-9-8-10-26(3)18-29(6)37(40(51)49(36)24-34)46-42(53)58-33-19-27(4)28(5)20-33/h9,11-14,17,21,25-29,31,33-34,36-37H,8,10,15-16,18-20,22-24H2,1-7H3,(H,46,53)(H,47,50)(H,48,52)/b11-9-/t26-,27-,28+,29+,31+,33?,34+,36-,37-,44+/m0/s1. The van der Waals surface area contributed by atoms with E-state index in [4.69, 9.17) is 14.2 Å². The number of rotatable bonds is 9. The average Bonchev–Trinajstić information content (AvgIpc) is 4.00. The first kappa shape index (κ1) is 42.7. The van der Waals surface area contributed by atoms with Gasteiger partial charge in [0.15, 0.2) is 0 Å². The molecule has 3 heterocycles. The maximum absolute atomic E-state index is 15.0. The summed E-state index contributed by atoms with van der Waals surface area (Å²) in [6, 6.07) is 5.31. The quantitative estimate of drug-likeness (QED) is 0.262. The van der Waals surface area contributed by atoms with Gasteiger partial charge in [0.1, 0.15) is 35.6 Å². The van der Waals surface area contributed by atoms with E-state index >= 15 is 0 Å². The lowest BCUT2D eigenvalue weighted by atomic mass is 9.88. The maximum Gasteiger partial charge on any atom is 0.408 e. The molecule has 3 N–H and O–H groups in total. The summed E-state index contributed by atoms with van der Waals surface area (Å²) >= 11 is 0. The van der Waals surface area contributed by atoms with E-state index < -0.39 is 68.2 Å². The van der Waals surface area contributed by atoms with Crippen molar-refractivity contribution in [3.05, 3.63) is 42.6 Å². The Balaban J connectivity index is 1.20. The van der Waals surface area contributed by atoms with Gasteiger partial charge < -0.3 is 29.7 Å². The van der Waals surface area contributed by atoms with Crippen molar-refractivity contribution >= 4 is 44.6 Å². The molecule has 15 heteroatoms. The Morgan fingerprint density at radius 3 is 2.41 bits per heavy atom. The first-order valence-electron chi connectivity index (χ1n) is 21.4. The average molecular weight is 836 g/mol. The first-order chi connectivity index (χ1) is 27.9. The lowest BCUT2D eigenvalue weighted by Crippen LogP contribution is -2.59. The summed E-state index contributed by atoms with van der Waals surface area (Å²) < 4.78 is 46.1. The van der Waals surface area contributed by atoms with Crippen LogP contribution in [-0.2, 0) is 29.1 Å². The first-order valence-corrected chi connectivity index (χ1v) is 22.9. The van der Waals surface area contributed by atoms with Crippen molar-refractivity contribution in [1.82, 2.24) is 25.2 Å². The molecule has 10 atom stereocenters. The van der Waals surface area contributed by atoms with E-state index in [1.807, 2.05) is 57.2 Å². The topological polar surface area (TPSA) is 182 Å². The normalized spacial score (nSPS) is 33.8. The highest BCUT2D eigenvalue weighted by Gasteiger charge is 2.63. The van der Waals surface area contributed by atoms with E-state index in [-0.39, 0.29) is 43.4 Å². The fourth-order valence-electron chi connectivity index (χ4n) is 9.12. The summed E-state index contributed by atoms with van der Waals surface area (Å²) in [4.78, 5) is 63.1. The van der Waals surface area contributed by atoms with E-state index in [0.717, 1.165) is 30.0 Å². The van der Waals surface area contributed by atoms with Gasteiger partial charge in [-0.3, -0.25) is 19.1 Å². The molecule has 1 aromatic heterocycles. The molecule has 0 bridgehead atoms. The van der Waals surface area contributed by atoms with Crippen LogP contribution in [0.5, 0.6) is 11.6 Å². The Bertz CT molecular complexity index is 2080. The number of carbonyl (C=O) groups is 4. The molecule has 3 saturated carbocycles. The molecular formula is C44H61N5O9S. The number of nitrogens with one attached hydrogen (secondary N) is 3. The van der Waals surface area contributed by atoms with Crippen molar-refractivity contribution in [1.29, 1.82) is 0 Å². The smallest absolute Gasteiger partial charge is 0.408 e. The molecule has 59 heavy (non-hydrogen) atoms. The zero-order valence-corrected chi connectivity index (χ0v) is 36.2. The number of nitrogens with zero attached hydrogens (tertiary/aromatic N) is 2. The second-order valence-electron chi connectivity index (χ2n) is 18.7. The molecule has 1 saturated heterocycles. The third-order valence-corrected chi connectivity index (χ3v) is 15.5. The third kappa shape index (κ3) is 9.19. The molecule has 5 aliphatic rings. The molecule has 4 amide bonds. The minimum atomic E-state index is -4.00. The molecule has 14 nitrogen and oxygen atoms in total. The van der Waals surface area contributed by atoms with Crippen LogP contribution >= 0.6 is 0 Å². The molecular weight excluding hydrogens is 775 g/mol. The molecule has 1 unspecified atom stereocenters. The van der Waals surface area contributed by atoms with Crippen LogP contribution in [0.4, 0.5) is 4.79 Å². The van der Waals surface area contributed by atoms with Gasteiger partial charge in [-0.05, 0) is 125 Å². The summed E-state index contributed by atoms with van der Waals surface area (Å²) in [5, 5.41) is 7.41. The second-order valence-corrected chi connectivity index (χ2v) is 20.9. The van der Waals surface area contributed by atoms with Gasteiger partial charge in [-0.25, -0.2) is 18.2 Å². The van der Waals surface area contributed by atoms with Crippen LogP contribution in [0.15, 0.2) is 42.6 Å². The van der Waals surface area contributed by atoms with Crippen molar-refractivity contribution in [3.63, 3.8) is 0 Å². The number of benzene rings is 1. The van der Waals surface area contributed by atoms with Gasteiger partial charge in [0.05, 0.1) is 17.4 Å². The maximum atomic E-state index is 15.0. The summed E-state index contributed by atoms with van der Waals surface area (Å²) in [5.74, 6) is -0.653. The van der Waals surface area contributed by atoms with Gasteiger partial charge in [0.25, 0.3) is 5.91 Å². The fourth-order valence-corrected chi connectivity index (χ4v) is 10.4. The van der Waals surface area contributed by atoms with E-state index in [9.17, 15) is 27.6 Å². The van der Waals surface area contributed by atoms with Crippen molar-refractivity contribution < 1.29 is 41.8 Å². The molecule has 7 rings (SSSR count). The van der Waals surface area contributed by atoms with Crippen LogP contribution < -0.4 is 24.8 Å². The lowest BCUT2D eigenvalue weighted by Gasteiger charge is -2.33.